The number of aryl methyl sites for hydroxylation is 1. The first kappa shape index (κ1) is 20.4. The van der Waals surface area contributed by atoms with Crippen molar-refractivity contribution in [3.05, 3.63) is 64.6 Å². The Kier molecular flexibility index (Phi) is 7.47. The number of thiocarbonyl (C=S) groups is 1. The third-order valence-electron chi connectivity index (χ3n) is 3.87. The predicted molar refractivity (Wildman–Crippen MR) is 116 cm³/mol. The highest BCUT2D eigenvalue weighted by Crippen LogP contribution is 2.26. The SMILES string of the molecule is Cc1ccccc1OCCOCCOc1cccc(/C=C2/SC(=S)NC2=O)c1. The summed E-state index contributed by atoms with van der Waals surface area (Å²) in [6, 6.07) is 15.4. The third-order valence-corrected chi connectivity index (χ3v) is 5.04. The van der Waals surface area contributed by atoms with Crippen molar-refractivity contribution in [2.24, 2.45) is 0 Å². The number of hydrogen-bond donors (Lipinski definition) is 1. The van der Waals surface area contributed by atoms with E-state index in [1.165, 1.54) is 11.8 Å². The summed E-state index contributed by atoms with van der Waals surface area (Å²) in [5.74, 6) is 1.44. The lowest BCUT2D eigenvalue weighted by molar-refractivity contribution is -0.115. The van der Waals surface area contributed by atoms with Crippen molar-refractivity contribution in [1.29, 1.82) is 0 Å². The first-order chi connectivity index (χ1) is 13.6. The van der Waals surface area contributed by atoms with Gasteiger partial charge in [0.1, 0.15) is 29.0 Å². The maximum absolute atomic E-state index is 11.7. The van der Waals surface area contributed by atoms with Crippen LogP contribution in [0.5, 0.6) is 11.5 Å². The molecule has 0 radical (unpaired) electrons. The second-order valence-corrected chi connectivity index (χ2v) is 7.72. The van der Waals surface area contributed by atoms with E-state index in [4.69, 9.17) is 26.4 Å². The van der Waals surface area contributed by atoms with Gasteiger partial charge in [-0.25, -0.2) is 0 Å². The summed E-state index contributed by atoms with van der Waals surface area (Å²) < 4.78 is 17.4. The van der Waals surface area contributed by atoms with Gasteiger partial charge in [0.25, 0.3) is 5.91 Å². The van der Waals surface area contributed by atoms with Gasteiger partial charge in [-0.2, -0.15) is 0 Å². The number of carbonyl (C=O) groups excluding carboxylic acids is 1. The zero-order chi connectivity index (χ0) is 19.8. The van der Waals surface area contributed by atoms with Crippen molar-refractivity contribution in [2.45, 2.75) is 6.92 Å². The van der Waals surface area contributed by atoms with Crippen LogP contribution in [0.4, 0.5) is 0 Å². The quantitative estimate of drug-likeness (QED) is 0.380. The molecule has 0 aromatic heterocycles. The Morgan fingerprint density at radius 2 is 1.82 bits per heavy atom. The normalized spacial score (nSPS) is 15.0. The molecule has 1 N–H and O–H groups in total. The van der Waals surface area contributed by atoms with E-state index < -0.39 is 0 Å². The number of benzene rings is 2. The molecule has 3 rings (SSSR count). The van der Waals surface area contributed by atoms with Gasteiger partial charge in [0.15, 0.2) is 0 Å². The second-order valence-electron chi connectivity index (χ2n) is 6.00. The van der Waals surface area contributed by atoms with Gasteiger partial charge in [-0.1, -0.05) is 54.3 Å². The molecular formula is C21H21NO4S2. The van der Waals surface area contributed by atoms with Crippen LogP contribution in [0.25, 0.3) is 6.08 Å². The van der Waals surface area contributed by atoms with Gasteiger partial charge in [0, 0.05) is 0 Å². The number of amides is 1. The maximum Gasteiger partial charge on any atom is 0.263 e. The zero-order valence-electron chi connectivity index (χ0n) is 15.5. The van der Waals surface area contributed by atoms with Crippen molar-refractivity contribution in [1.82, 2.24) is 5.32 Å². The molecule has 5 nitrogen and oxygen atoms in total. The fraction of sp³-hybridized carbons (Fsp3) is 0.238. The van der Waals surface area contributed by atoms with Gasteiger partial charge < -0.3 is 19.5 Å². The average molecular weight is 416 g/mol. The van der Waals surface area contributed by atoms with Crippen molar-refractivity contribution >= 4 is 40.3 Å². The number of rotatable bonds is 9. The van der Waals surface area contributed by atoms with E-state index in [2.05, 4.69) is 5.32 Å². The fourth-order valence-electron chi connectivity index (χ4n) is 2.52. The van der Waals surface area contributed by atoms with Crippen LogP contribution in [0.2, 0.25) is 0 Å². The summed E-state index contributed by atoms with van der Waals surface area (Å²) in [5.41, 5.74) is 1.99. The van der Waals surface area contributed by atoms with E-state index in [1.807, 2.05) is 55.5 Å². The van der Waals surface area contributed by atoms with Crippen LogP contribution in [-0.4, -0.2) is 36.7 Å². The Bertz CT molecular complexity index is 882. The number of hydrogen-bond acceptors (Lipinski definition) is 6. The molecule has 0 spiro atoms. The number of carbonyl (C=O) groups is 1. The van der Waals surface area contributed by atoms with Crippen LogP contribution in [0.15, 0.2) is 53.4 Å². The molecule has 1 heterocycles. The predicted octanol–water partition coefficient (Wildman–Crippen LogP) is 3.96. The van der Waals surface area contributed by atoms with Gasteiger partial charge in [-0.3, -0.25) is 4.79 Å². The highest BCUT2D eigenvalue weighted by Gasteiger charge is 2.21. The molecule has 1 amide bonds. The van der Waals surface area contributed by atoms with Crippen LogP contribution in [0.1, 0.15) is 11.1 Å². The molecule has 0 aliphatic carbocycles. The number of nitrogens with one attached hydrogen (secondary N) is 1. The summed E-state index contributed by atoms with van der Waals surface area (Å²) in [6.07, 6.45) is 1.80. The first-order valence-electron chi connectivity index (χ1n) is 8.86. The van der Waals surface area contributed by atoms with Gasteiger partial charge in [0.2, 0.25) is 0 Å². The van der Waals surface area contributed by atoms with E-state index >= 15 is 0 Å². The molecule has 2 aromatic rings. The topological polar surface area (TPSA) is 56.8 Å². The van der Waals surface area contributed by atoms with Crippen molar-refractivity contribution in [3.63, 3.8) is 0 Å². The van der Waals surface area contributed by atoms with Crippen LogP contribution in [-0.2, 0) is 9.53 Å². The van der Waals surface area contributed by atoms with E-state index in [0.29, 0.717) is 35.7 Å². The van der Waals surface area contributed by atoms with Crippen molar-refractivity contribution < 1.29 is 19.0 Å². The minimum Gasteiger partial charge on any atom is -0.491 e. The largest absolute Gasteiger partial charge is 0.491 e. The standard InChI is InChI=1S/C21H21NO4S2/c1-15-5-2-3-8-18(15)26-12-10-24-9-11-25-17-7-4-6-16(13-17)14-19-20(23)22-21(27)28-19/h2-8,13-14H,9-12H2,1H3,(H,22,23,27)/b19-14+. The molecule has 1 fully saturated rings. The average Bonchev–Trinajstić information content (AvgIpc) is 2.99. The molecule has 0 saturated carbocycles. The summed E-state index contributed by atoms with van der Waals surface area (Å²) in [5, 5.41) is 2.60. The van der Waals surface area contributed by atoms with E-state index in [-0.39, 0.29) is 5.91 Å². The second kappa shape index (κ2) is 10.3. The summed E-state index contributed by atoms with van der Waals surface area (Å²) in [6.45, 7) is 3.91. The Labute approximate surface area is 174 Å². The molecule has 0 unspecified atom stereocenters. The van der Waals surface area contributed by atoms with Gasteiger partial charge in [-0.05, 0) is 42.3 Å². The highest BCUT2D eigenvalue weighted by molar-refractivity contribution is 8.26. The minimum absolute atomic E-state index is 0.164. The van der Waals surface area contributed by atoms with Gasteiger partial charge in [-0.15, -0.1) is 0 Å². The zero-order valence-corrected chi connectivity index (χ0v) is 17.1. The van der Waals surface area contributed by atoms with E-state index in [0.717, 1.165) is 22.6 Å². The third kappa shape index (κ3) is 6.09. The van der Waals surface area contributed by atoms with Crippen molar-refractivity contribution in [3.8, 4) is 11.5 Å². The Morgan fingerprint density at radius 3 is 2.57 bits per heavy atom. The molecule has 146 valence electrons. The molecule has 2 aromatic carbocycles. The smallest absolute Gasteiger partial charge is 0.263 e. The van der Waals surface area contributed by atoms with E-state index in [1.54, 1.807) is 6.08 Å². The van der Waals surface area contributed by atoms with Crippen LogP contribution in [0, 0.1) is 6.92 Å². The molecule has 7 heteroatoms. The molecule has 28 heavy (non-hydrogen) atoms. The lowest BCUT2D eigenvalue weighted by Crippen LogP contribution is -2.17. The first-order valence-corrected chi connectivity index (χ1v) is 10.1. The van der Waals surface area contributed by atoms with Gasteiger partial charge in [0.05, 0.1) is 18.1 Å². The molecule has 1 saturated heterocycles. The van der Waals surface area contributed by atoms with E-state index in [9.17, 15) is 4.79 Å². The maximum atomic E-state index is 11.7. The summed E-state index contributed by atoms with van der Waals surface area (Å²) >= 11 is 6.25. The Balaban J connectivity index is 1.37. The molecule has 1 aliphatic rings. The molecular weight excluding hydrogens is 394 g/mol. The molecule has 1 aliphatic heterocycles. The number of para-hydroxylation sites is 1. The van der Waals surface area contributed by atoms with Gasteiger partial charge >= 0.3 is 0 Å². The monoisotopic (exact) mass is 415 g/mol. The Morgan fingerprint density at radius 1 is 1.04 bits per heavy atom. The fourth-order valence-corrected chi connectivity index (χ4v) is 3.56. The minimum atomic E-state index is -0.164. The van der Waals surface area contributed by atoms with Crippen LogP contribution >= 0.6 is 24.0 Å². The molecule has 0 atom stereocenters. The highest BCUT2D eigenvalue weighted by atomic mass is 32.2. The summed E-state index contributed by atoms with van der Waals surface area (Å²) in [7, 11) is 0. The lowest BCUT2D eigenvalue weighted by Gasteiger charge is -2.10. The van der Waals surface area contributed by atoms with Crippen LogP contribution < -0.4 is 14.8 Å². The van der Waals surface area contributed by atoms with Crippen LogP contribution in [0.3, 0.4) is 0 Å². The lowest BCUT2D eigenvalue weighted by atomic mass is 10.2. The Hall–Kier alpha value is -2.35. The number of thioether (sulfide) groups is 1. The number of ether oxygens (including phenoxy) is 3. The van der Waals surface area contributed by atoms with Crippen molar-refractivity contribution in [2.75, 3.05) is 26.4 Å². The summed E-state index contributed by atoms with van der Waals surface area (Å²) in [4.78, 5) is 12.3. The molecule has 0 bridgehead atoms.